The second kappa shape index (κ2) is 11.3. The lowest BCUT2D eigenvalue weighted by Crippen LogP contribution is -2.49. The summed E-state index contributed by atoms with van der Waals surface area (Å²) in [7, 11) is 0. The normalized spacial score (nSPS) is 19.4. The SMILES string of the molecule is CC(NC(=O)COC(=O)c1ccc(OCC(=O)N2C(C)CCCC2C)cc1)c1ccc2c(c1)OCO2. The Kier molecular flexibility index (Phi) is 7.97. The van der Waals surface area contributed by atoms with Gasteiger partial charge in [0.1, 0.15) is 5.75 Å². The molecule has 192 valence electrons. The second-order valence-corrected chi connectivity index (χ2v) is 9.22. The van der Waals surface area contributed by atoms with E-state index in [1.54, 1.807) is 30.3 Å². The highest BCUT2D eigenvalue weighted by atomic mass is 16.7. The number of ether oxygens (including phenoxy) is 4. The van der Waals surface area contributed by atoms with Crippen molar-refractivity contribution in [2.45, 2.75) is 58.2 Å². The van der Waals surface area contributed by atoms with Gasteiger partial charge in [0.05, 0.1) is 11.6 Å². The maximum Gasteiger partial charge on any atom is 0.338 e. The van der Waals surface area contributed by atoms with E-state index in [9.17, 15) is 14.4 Å². The number of nitrogens with one attached hydrogen (secondary N) is 1. The Bertz CT molecular complexity index is 1090. The van der Waals surface area contributed by atoms with E-state index in [1.165, 1.54) is 0 Å². The highest BCUT2D eigenvalue weighted by Gasteiger charge is 2.29. The Balaban J connectivity index is 1.21. The quantitative estimate of drug-likeness (QED) is 0.557. The summed E-state index contributed by atoms with van der Waals surface area (Å²) >= 11 is 0. The van der Waals surface area contributed by atoms with Gasteiger partial charge in [0, 0.05) is 12.1 Å². The number of esters is 1. The largest absolute Gasteiger partial charge is 0.484 e. The van der Waals surface area contributed by atoms with Gasteiger partial charge < -0.3 is 29.2 Å². The lowest BCUT2D eigenvalue weighted by molar-refractivity contribution is -0.139. The van der Waals surface area contributed by atoms with Crippen molar-refractivity contribution in [2.75, 3.05) is 20.0 Å². The van der Waals surface area contributed by atoms with Crippen LogP contribution in [0.25, 0.3) is 0 Å². The minimum Gasteiger partial charge on any atom is -0.484 e. The first-order valence-electron chi connectivity index (χ1n) is 12.2. The van der Waals surface area contributed by atoms with Crippen molar-refractivity contribution in [1.29, 1.82) is 0 Å². The van der Waals surface area contributed by atoms with Crippen molar-refractivity contribution in [3.63, 3.8) is 0 Å². The average Bonchev–Trinajstić information content (AvgIpc) is 3.34. The summed E-state index contributed by atoms with van der Waals surface area (Å²) in [4.78, 5) is 39.1. The third-order valence-electron chi connectivity index (χ3n) is 6.54. The van der Waals surface area contributed by atoms with E-state index in [1.807, 2.05) is 24.0 Å². The molecule has 9 heteroatoms. The number of rotatable bonds is 8. The molecule has 3 unspecified atom stereocenters. The van der Waals surface area contributed by atoms with E-state index in [4.69, 9.17) is 18.9 Å². The Hall–Kier alpha value is -3.75. The van der Waals surface area contributed by atoms with Gasteiger partial charge in [-0.3, -0.25) is 9.59 Å². The van der Waals surface area contributed by atoms with Gasteiger partial charge in [0.2, 0.25) is 6.79 Å². The molecule has 0 radical (unpaired) electrons. The molecule has 2 aromatic rings. The fourth-order valence-electron chi connectivity index (χ4n) is 4.58. The zero-order valence-electron chi connectivity index (χ0n) is 20.8. The maximum atomic E-state index is 12.6. The Labute approximate surface area is 210 Å². The average molecular weight is 497 g/mol. The van der Waals surface area contributed by atoms with Crippen molar-refractivity contribution < 1.29 is 33.3 Å². The van der Waals surface area contributed by atoms with Gasteiger partial charge >= 0.3 is 5.97 Å². The number of benzene rings is 2. The third kappa shape index (κ3) is 6.08. The molecule has 0 aromatic heterocycles. The Morgan fingerprint density at radius 3 is 2.42 bits per heavy atom. The Morgan fingerprint density at radius 2 is 1.69 bits per heavy atom. The van der Waals surface area contributed by atoms with Gasteiger partial charge in [-0.25, -0.2) is 4.79 Å². The number of carbonyl (C=O) groups excluding carboxylic acids is 3. The molecule has 0 bridgehead atoms. The minimum absolute atomic E-state index is 0.0424. The van der Waals surface area contributed by atoms with Crippen LogP contribution in [-0.2, 0) is 14.3 Å². The van der Waals surface area contributed by atoms with Gasteiger partial charge in [-0.15, -0.1) is 0 Å². The number of likely N-dealkylation sites (tertiary alicyclic amines) is 1. The van der Waals surface area contributed by atoms with Crippen LogP contribution in [0.1, 0.15) is 62.0 Å². The summed E-state index contributed by atoms with van der Waals surface area (Å²) in [5.41, 5.74) is 1.13. The molecule has 4 rings (SSSR count). The molecule has 0 saturated carbocycles. The van der Waals surface area contributed by atoms with Crippen LogP contribution in [0, 0.1) is 0 Å². The van der Waals surface area contributed by atoms with Crippen molar-refractivity contribution in [3.8, 4) is 17.2 Å². The van der Waals surface area contributed by atoms with E-state index in [-0.39, 0.29) is 43.0 Å². The molecule has 9 nitrogen and oxygen atoms in total. The van der Waals surface area contributed by atoms with Gasteiger partial charge in [-0.2, -0.15) is 0 Å². The molecule has 2 aliphatic heterocycles. The molecule has 36 heavy (non-hydrogen) atoms. The van der Waals surface area contributed by atoms with Crippen LogP contribution in [0.5, 0.6) is 17.2 Å². The standard InChI is InChI=1S/C27H32N2O7/c1-17-5-4-6-18(2)29(17)26(31)15-33-22-10-7-20(8-11-22)27(32)34-14-25(30)28-19(3)21-9-12-23-24(13-21)36-16-35-23/h7-13,17-19H,4-6,14-16H2,1-3H3,(H,28,30). The predicted octanol–water partition coefficient (Wildman–Crippen LogP) is 3.62. The molecule has 0 aliphatic carbocycles. The monoisotopic (exact) mass is 496 g/mol. The highest BCUT2D eigenvalue weighted by molar-refractivity contribution is 5.91. The summed E-state index contributed by atoms with van der Waals surface area (Å²) in [6, 6.07) is 11.9. The summed E-state index contributed by atoms with van der Waals surface area (Å²) in [6.45, 7) is 5.66. The van der Waals surface area contributed by atoms with E-state index < -0.39 is 18.5 Å². The Morgan fingerprint density at radius 1 is 1.00 bits per heavy atom. The van der Waals surface area contributed by atoms with Crippen LogP contribution in [0.2, 0.25) is 0 Å². The number of piperidine rings is 1. The summed E-state index contributed by atoms with van der Waals surface area (Å²) in [5, 5.41) is 2.80. The van der Waals surface area contributed by atoms with E-state index in [0.29, 0.717) is 17.2 Å². The van der Waals surface area contributed by atoms with E-state index >= 15 is 0 Å². The molecular formula is C27H32N2O7. The first kappa shape index (κ1) is 25.3. The van der Waals surface area contributed by atoms with Crippen molar-refractivity contribution >= 4 is 17.8 Å². The number of hydrogen-bond acceptors (Lipinski definition) is 7. The number of amides is 2. The lowest BCUT2D eigenvalue weighted by atomic mass is 9.97. The summed E-state index contributed by atoms with van der Waals surface area (Å²) in [5.74, 6) is 0.687. The first-order valence-corrected chi connectivity index (χ1v) is 12.2. The zero-order valence-corrected chi connectivity index (χ0v) is 20.8. The predicted molar refractivity (Wildman–Crippen MR) is 131 cm³/mol. The minimum atomic E-state index is -0.625. The van der Waals surface area contributed by atoms with Crippen LogP contribution in [0.15, 0.2) is 42.5 Å². The van der Waals surface area contributed by atoms with Crippen molar-refractivity contribution in [3.05, 3.63) is 53.6 Å². The summed E-state index contributed by atoms with van der Waals surface area (Å²) < 4.78 is 21.4. The van der Waals surface area contributed by atoms with E-state index in [0.717, 1.165) is 24.8 Å². The lowest BCUT2D eigenvalue weighted by Gasteiger charge is -2.38. The molecule has 2 heterocycles. The van der Waals surface area contributed by atoms with Gasteiger partial charge in [0.25, 0.3) is 11.8 Å². The van der Waals surface area contributed by atoms with Crippen LogP contribution in [0.3, 0.4) is 0 Å². The van der Waals surface area contributed by atoms with Crippen molar-refractivity contribution in [1.82, 2.24) is 10.2 Å². The van der Waals surface area contributed by atoms with Crippen LogP contribution in [0.4, 0.5) is 0 Å². The third-order valence-corrected chi connectivity index (χ3v) is 6.54. The highest BCUT2D eigenvalue weighted by Crippen LogP contribution is 2.34. The topological polar surface area (TPSA) is 103 Å². The van der Waals surface area contributed by atoms with Gasteiger partial charge in [-0.1, -0.05) is 6.07 Å². The number of hydrogen-bond donors (Lipinski definition) is 1. The van der Waals surface area contributed by atoms with Crippen LogP contribution < -0.4 is 19.5 Å². The molecule has 1 N–H and O–H groups in total. The molecule has 3 atom stereocenters. The zero-order chi connectivity index (χ0) is 25.7. The fourth-order valence-corrected chi connectivity index (χ4v) is 4.58. The molecule has 1 fully saturated rings. The molecule has 1 saturated heterocycles. The molecular weight excluding hydrogens is 464 g/mol. The summed E-state index contributed by atoms with van der Waals surface area (Å²) in [6.07, 6.45) is 3.13. The molecule has 2 aliphatic rings. The van der Waals surface area contributed by atoms with E-state index in [2.05, 4.69) is 19.2 Å². The molecule has 2 amide bonds. The van der Waals surface area contributed by atoms with Gasteiger partial charge in [-0.05, 0) is 82.0 Å². The number of carbonyl (C=O) groups is 3. The fraction of sp³-hybridized carbons (Fsp3) is 0.444. The number of fused-ring (bicyclic) bond motifs is 1. The molecule has 2 aromatic carbocycles. The number of nitrogens with zero attached hydrogens (tertiary/aromatic N) is 1. The van der Waals surface area contributed by atoms with Gasteiger partial charge in [0.15, 0.2) is 24.7 Å². The molecule has 0 spiro atoms. The maximum absolute atomic E-state index is 12.6. The van der Waals surface area contributed by atoms with Crippen molar-refractivity contribution in [2.24, 2.45) is 0 Å². The van der Waals surface area contributed by atoms with Crippen LogP contribution in [-0.4, -0.2) is 54.8 Å². The van der Waals surface area contributed by atoms with Crippen LogP contribution >= 0.6 is 0 Å². The second-order valence-electron chi connectivity index (χ2n) is 9.22. The smallest absolute Gasteiger partial charge is 0.338 e. The first-order chi connectivity index (χ1) is 17.3.